The number of carbonyl (C=O) groups is 2. The van der Waals surface area contributed by atoms with Crippen LogP contribution in [-0.2, 0) is 17.8 Å². The lowest BCUT2D eigenvalue weighted by atomic mass is 10.1. The highest BCUT2D eigenvalue weighted by molar-refractivity contribution is 6.31. The monoisotopic (exact) mass is 424 g/mol. The van der Waals surface area contributed by atoms with Gasteiger partial charge in [-0.2, -0.15) is 0 Å². The summed E-state index contributed by atoms with van der Waals surface area (Å²) < 4.78 is 40.3. The van der Waals surface area contributed by atoms with E-state index in [2.05, 4.69) is 10.3 Å². The zero-order valence-electron chi connectivity index (χ0n) is 14.5. The van der Waals surface area contributed by atoms with Gasteiger partial charge in [-0.1, -0.05) is 11.6 Å². The molecule has 3 aromatic rings. The average Bonchev–Trinajstić information content (AvgIpc) is 2.62. The number of H-pyrrole nitrogens is 1. The van der Waals surface area contributed by atoms with Crippen LogP contribution < -0.4 is 10.9 Å². The van der Waals surface area contributed by atoms with Crippen LogP contribution in [0, 0.1) is 17.5 Å². The summed E-state index contributed by atoms with van der Waals surface area (Å²) in [6, 6.07) is 4.98. The normalized spacial score (nSPS) is 10.9. The number of hydrogen-bond acceptors (Lipinski definition) is 3. The van der Waals surface area contributed by atoms with Crippen molar-refractivity contribution in [3.8, 4) is 0 Å². The third-order valence-electron chi connectivity index (χ3n) is 4.15. The van der Waals surface area contributed by atoms with Crippen molar-refractivity contribution in [2.24, 2.45) is 0 Å². The number of halogens is 4. The Balaban J connectivity index is 1.85. The second-order valence-corrected chi connectivity index (χ2v) is 6.58. The topological polar surface area (TPSA) is 99.3 Å². The Morgan fingerprint density at radius 1 is 1.07 bits per heavy atom. The quantitative estimate of drug-likeness (QED) is 0.586. The molecule has 1 heterocycles. The Bertz CT molecular complexity index is 1190. The summed E-state index contributed by atoms with van der Waals surface area (Å²) in [5, 5.41) is 12.0. The molecule has 1 aromatic heterocycles. The van der Waals surface area contributed by atoms with Crippen molar-refractivity contribution >= 4 is 34.4 Å². The molecule has 10 heteroatoms. The van der Waals surface area contributed by atoms with E-state index in [9.17, 15) is 27.6 Å². The highest BCUT2D eigenvalue weighted by atomic mass is 35.5. The van der Waals surface area contributed by atoms with E-state index in [0.717, 1.165) is 6.07 Å². The zero-order chi connectivity index (χ0) is 21.3. The van der Waals surface area contributed by atoms with E-state index in [1.165, 1.54) is 12.1 Å². The molecular weight excluding hydrogens is 413 g/mol. The van der Waals surface area contributed by atoms with E-state index >= 15 is 0 Å². The predicted molar refractivity (Wildman–Crippen MR) is 98.4 cm³/mol. The number of aromatic nitrogens is 1. The molecule has 0 saturated carbocycles. The average molecular weight is 425 g/mol. The van der Waals surface area contributed by atoms with Crippen LogP contribution in [0.1, 0.15) is 21.5 Å². The molecule has 29 heavy (non-hydrogen) atoms. The van der Waals surface area contributed by atoms with Gasteiger partial charge in [0.15, 0.2) is 0 Å². The summed E-state index contributed by atoms with van der Waals surface area (Å²) in [6.07, 6.45) is -0.671. The minimum Gasteiger partial charge on any atom is -0.477 e. The fourth-order valence-corrected chi connectivity index (χ4v) is 3.06. The maximum Gasteiger partial charge on any atom is 0.341 e. The lowest BCUT2D eigenvalue weighted by molar-refractivity contribution is -0.120. The molecule has 0 saturated heterocycles. The number of carboxylic acid groups (broad SMARTS) is 1. The van der Waals surface area contributed by atoms with Crippen LogP contribution in [-0.4, -0.2) is 22.0 Å². The predicted octanol–water partition coefficient (Wildman–Crippen LogP) is 3.16. The van der Waals surface area contributed by atoms with E-state index in [-0.39, 0.29) is 17.1 Å². The number of aromatic carboxylic acids is 1. The van der Waals surface area contributed by atoms with Gasteiger partial charge in [0, 0.05) is 34.6 Å². The molecule has 6 nitrogen and oxygen atoms in total. The third kappa shape index (κ3) is 4.40. The van der Waals surface area contributed by atoms with Gasteiger partial charge in [0.2, 0.25) is 5.91 Å². The fraction of sp³-hybridized carbons (Fsp3) is 0.105. The first-order chi connectivity index (χ1) is 13.7. The number of hydrogen-bond donors (Lipinski definition) is 3. The number of benzene rings is 2. The summed E-state index contributed by atoms with van der Waals surface area (Å²) in [6.45, 7) is -0.164. The van der Waals surface area contributed by atoms with Crippen LogP contribution in [0.4, 0.5) is 13.2 Å². The largest absolute Gasteiger partial charge is 0.477 e. The lowest BCUT2D eigenvalue weighted by Gasteiger charge is -2.11. The number of pyridine rings is 1. The molecule has 0 aliphatic carbocycles. The summed E-state index contributed by atoms with van der Waals surface area (Å²) in [5.74, 6) is -5.63. The molecule has 3 rings (SSSR count). The van der Waals surface area contributed by atoms with Crippen molar-refractivity contribution < 1.29 is 27.9 Å². The summed E-state index contributed by atoms with van der Waals surface area (Å²) in [7, 11) is 0. The van der Waals surface area contributed by atoms with Gasteiger partial charge in [-0.25, -0.2) is 18.0 Å². The maximum absolute atomic E-state index is 13.7. The number of carboxylic acids is 1. The van der Waals surface area contributed by atoms with Crippen molar-refractivity contribution in [1.82, 2.24) is 10.3 Å². The molecule has 0 spiro atoms. The molecule has 0 atom stereocenters. The minimum atomic E-state index is -1.41. The Morgan fingerprint density at radius 2 is 1.72 bits per heavy atom. The number of aromatic amines is 1. The second kappa shape index (κ2) is 7.96. The van der Waals surface area contributed by atoms with Gasteiger partial charge in [-0.05, 0) is 23.8 Å². The SMILES string of the molecule is O=C(Cc1c(F)cc(F)cc1F)NCc1cc(Cl)cc2cc(C(=O)O)c(=O)[nH]c12. The molecule has 150 valence electrons. The summed E-state index contributed by atoms with van der Waals surface area (Å²) >= 11 is 6.01. The van der Waals surface area contributed by atoms with E-state index in [1.54, 1.807) is 0 Å². The van der Waals surface area contributed by atoms with Gasteiger partial charge in [0.25, 0.3) is 5.56 Å². The fourth-order valence-electron chi connectivity index (χ4n) is 2.81. The van der Waals surface area contributed by atoms with E-state index < -0.39 is 52.4 Å². The van der Waals surface area contributed by atoms with Gasteiger partial charge in [0.05, 0.1) is 11.9 Å². The highest BCUT2D eigenvalue weighted by Gasteiger charge is 2.16. The van der Waals surface area contributed by atoms with Gasteiger partial charge in [-0.15, -0.1) is 0 Å². The Hall–Kier alpha value is -3.33. The van der Waals surface area contributed by atoms with E-state index in [1.807, 2.05) is 0 Å². The van der Waals surface area contributed by atoms with Crippen molar-refractivity contribution in [2.75, 3.05) is 0 Å². The minimum absolute atomic E-state index is 0.164. The molecule has 0 unspecified atom stereocenters. The first-order valence-electron chi connectivity index (χ1n) is 8.14. The number of rotatable bonds is 5. The molecule has 2 aromatic carbocycles. The molecule has 0 fully saturated rings. The molecule has 0 aliphatic rings. The summed E-state index contributed by atoms with van der Waals surface area (Å²) in [5.41, 5.74) is -1.29. The summed E-state index contributed by atoms with van der Waals surface area (Å²) in [4.78, 5) is 37.5. The van der Waals surface area contributed by atoms with Crippen molar-refractivity contribution in [2.45, 2.75) is 13.0 Å². The number of amides is 1. The van der Waals surface area contributed by atoms with Crippen LogP contribution in [0.15, 0.2) is 35.1 Å². The molecule has 0 radical (unpaired) electrons. The van der Waals surface area contributed by atoms with Gasteiger partial charge >= 0.3 is 5.97 Å². The Morgan fingerprint density at radius 3 is 2.34 bits per heavy atom. The smallest absolute Gasteiger partial charge is 0.341 e. The van der Waals surface area contributed by atoms with E-state index in [4.69, 9.17) is 16.7 Å². The first kappa shape index (κ1) is 20.4. The number of carbonyl (C=O) groups excluding carboxylic acids is 1. The van der Waals surface area contributed by atoms with Gasteiger partial charge < -0.3 is 15.4 Å². The zero-order valence-corrected chi connectivity index (χ0v) is 15.2. The standard InChI is InChI=1S/C19H12ClF3N2O4/c20-10-1-8-3-13(19(28)29)18(27)25-17(8)9(2-10)7-24-16(26)6-12-14(22)4-11(21)5-15(12)23/h1-5H,6-7H2,(H,24,26)(H,25,27)(H,28,29). The van der Waals surface area contributed by atoms with Gasteiger partial charge in [0.1, 0.15) is 23.0 Å². The van der Waals surface area contributed by atoms with Crippen LogP contribution >= 0.6 is 11.6 Å². The number of fused-ring (bicyclic) bond motifs is 1. The number of nitrogens with one attached hydrogen (secondary N) is 2. The molecule has 0 bridgehead atoms. The van der Waals surface area contributed by atoms with Gasteiger partial charge in [-0.3, -0.25) is 9.59 Å². The van der Waals surface area contributed by atoms with E-state index in [0.29, 0.717) is 23.1 Å². The van der Waals surface area contributed by atoms with Crippen molar-refractivity contribution in [3.05, 3.63) is 79.9 Å². The first-order valence-corrected chi connectivity index (χ1v) is 8.52. The lowest BCUT2D eigenvalue weighted by Crippen LogP contribution is -2.26. The highest BCUT2D eigenvalue weighted by Crippen LogP contribution is 2.22. The second-order valence-electron chi connectivity index (χ2n) is 6.15. The van der Waals surface area contributed by atoms with Crippen LogP contribution in [0.5, 0.6) is 0 Å². The van der Waals surface area contributed by atoms with Crippen molar-refractivity contribution in [1.29, 1.82) is 0 Å². The van der Waals surface area contributed by atoms with Crippen LogP contribution in [0.2, 0.25) is 5.02 Å². The van der Waals surface area contributed by atoms with Crippen LogP contribution in [0.3, 0.4) is 0 Å². The van der Waals surface area contributed by atoms with Crippen molar-refractivity contribution in [3.63, 3.8) is 0 Å². The Kier molecular flexibility index (Phi) is 5.60. The maximum atomic E-state index is 13.7. The molecule has 3 N–H and O–H groups in total. The molecule has 0 aliphatic heterocycles. The molecular formula is C19H12ClF3N2O4. The van der Waals surface area contributed by atoms with Crippen LogP contribution in [0.25, 0.3) is 10.9 Å². The molecule has 1 amide bonds. The third-order valence-corrected chi connectivity index (χ3v) is 4.37. The Labute approximate surface area is 165 Å².